The zero-order chi connectivity index (χ0) is 16.6. The summed E-state index contributed by atoms with van der Waals surface area (Å²) in [5, 5.41) is 0. The number of nitrogens with zero attached hydrogens (tertiary/aromatic N) is 5. The summed E-state index contributed by atoms with van der Waals surface area (Å²) in [4.78, 5) is 13.9. The van der Waals surface area contributed by atoms with Gasteiger partial charge in [0.25, 0.3) is 6.01 Å². The number of piperazine rings is 1. The molecule has 1 aliphatic rings. The van der Waals surface area contributed by atoms with E-state index in [0.717, 1.165) is 61.2 Å². The van der Waals surface area contributed by atoms with Crippen molar-refractivity contribution in [3.63, 3.8) is 0 Å². The molecule has 0 radical (unpaired) electrons. The first-order valence-corrected chi connectivity index (χ1v) is 8.61. The standard InChI is InChI=1S/C19H19N5O/c1-2-6-17-16(5-1)21-19(25-17)23-11-9-22(10-12-23)13-15-14-24-8-4-3-7-18(24)20-15/h1-8,14H,9-13H2. The first-order chi connectivity index (χ1) is 12.3. The molecule has 5 rings (SSSR count). The van der Waals surface area contributed by atoms with Crippen LogP contribution in [0.4, 0.5) is 6.01 Å². The van der Waals surface area contributed by atoms with Gasteiger partial charge in [-0.25, -0.2) is 4.98 Å². The number of pyridine rings is 1. The smallest absolute Gasteiger partial charge is 0.298 e. The van der Waals surface area contributed by atoms with Crippen LogP contribution in [0.5, 0.6) is 0 Å². The van der Waals surface area contributed by atoms with Crippen molar-refractivity contribution in [3.05, 3.63) is 60.6 Å². The third kappa shape index (κ3) is 2.74. The maximum absolute atomic E-state index is 5.88. The maximum Gasteiger partial charge on any atom is 0.298 e. The minimum atomic E-state index is 0.730. The van der Waals surface area contributed by atoms with Crippen molar-refractivity contribution in [2.75, 3.05) is 31.1 Å². The molecule has 0 atom stereocenters. The van der Waals surface area contributed by atoms with Crippen LogP contribution in [0.15, 0.2) is 59.3 Å². The number of imidazole rings is 1. The van der Waals surface area contributed by atoms with Crippen molar-refractivity contribution >= 4 is 22.8 Å². The fourth-order valence-corrected chi connectivity index (χ4v) is 3.39. The van der Waals surface area contributed by atoms with E-state index in [1.807, 2.05) is 48.7 Å². The molecule has 0 bridgehead atoms. The number of anilines is 1. The number of hydrogen-bond donors (Lipinski definition) is 0. The molecular formula is C19H19N5O. The van der Waals surface area contributed by atoms with Crippen molar-refractivity contribution in [3.8, 4) is 0 Å². The van der Waals surface area contributed by atoms with Crippen LogP contribution in [-0.2, 0) is 6.54 Å². The second-order valence-electron chi connectivity index (χ2n) is 6.43. The van der Waals surface area contributed by atoms with Gasteiger partial charge in [-0.15, -0.1) is 0 Å². The summed E-state index contributed by atoms with van der Waals surface area (Å²) in [6, 6.07) is 14.7. The highest BCUT2D eigenvalue weighted by molar-refractivity contribution is 5.74. The first-order valence-electron chi connectivity index (χ1n) is 8.61. The van der Waals surface area contributed by atoms with E-state index in [4.69, 9.17) is 4.42 Å². The highest BCUT2D eigenvalue weighted by Gasteiger charge is 2.21. The molecule has 1 saturated heterocycles. The number of aromatic nitrogens is 3. The molecule has 0 unspecified atom stereocenters. The number of oxazole rings is 1. The molecule has 4 aromatic rings. The van der Waals surface area contributed by atoms with E-state index in [-0.39, 0.29) is 0 Å². The van der Waals surface area contributed by atoms with E-state index in [1.54, 1.807) is 0 Å². The zero-order valence-electron chi connectivity index (χ0n) is 13.9. The molecule has 6 nitrogen and oxygen atoms in total. The average molecular weight is 333 g/mol. The Hall–Kier alpha value is -2.86. The van der Waals surface area contributed by atoms with Crippen molar-refractivity contribution in [2.24, 2.45) is 0 Å². The van der Waals surface area contributed by atoms with E-state index in [0.29, 0.717) is 0 Å². The Morgan fingerprint density at radius 2 is 1.76 bits per heavy atom. The normalized spacial score (nSPS) is 16.1. The van der Waals surface area contributed by atoms with Gasteiger partial charge in [-0.1, -0.05) is 18.2 Å². The lowest BCUT2D eigenvalue weighted by Crippen LogP contribution is -2.46. The number of hydrogen-bond acceptors (Lipinski definition) is 5. The van der Waals surface area contributed by atoms with Gasteiger partial charge in [-0.05, 0) is 24.3 Å². The van der Waals surface area contributed by atoms with Gasteiger partial charge in [-0.3, -0.25) is 4.90 Å². The molecule has 25 heavy (non-hydrogen) atoms. The quantitative estimate of drug-likeness (QED) is 0.577. The zero-order valence-corrected chi connectivity index (χ0v) is 13.9. The summed E-state index contributed by atoms with van der Waals surface area (Å²) >= 11 is 0. The molecule has 0 spiro atoms. The molecule has 0 amide bonds. The molecule has 1 aromatic carbocycles. The molecule has 4 heterocycles. The Bertz CT molecular complexity index is 947. The Balaban J connectivity index is 1.26. The van der Waals surface area contributed by atoms with E-state index in [1.165, 1.54) is 0 Å². The van der Waals surface area contributed by atoms with Gasteiger partial charge >= 0.3 is 0 Å². The summed E-state index contributed by atoms with van der Waals surface area (Å²) in [5.74, 6) is 0. The van der Waals surface area contributed by atoms with E-state index in [9.17, 15) is 0 Å². The summed E-state index contributed by atoms with van der Waals surface area (Å²) in [6.45, 7) is 4.67. The first kappa shape index (κ1) is 14.5. The highest BCUT2D eigenvalue weighted by atomic mass is 16.4. The van der Waals surface area contributed by atoms with Crippen LogP contribution in [0.2, 0.25) is 0 Å². The van der Waals surface area contributed by atoms with E-state index >= 15 is 0 Å². The van der Waals surface area contributed by atoms with Crippen molar-refractivity contribution in [2.45, 2.75) is 6.54 Å². The van der Waals surface area contributed by atoms with Gasteiger partial charge in [0, 0.05) is 45.1 Å². The third-order valence-corrected chi connectivity index (χ3v) is 4.72. The molecular weight excluding hydrogens is 314 g/mol. The minimum Gasteiger partial charge on any atom is -0.423 e. The second-order valence-corrected chi connectivity index (χ2v) is 6.43. The maximum atomic E-state index is 5.88. The largest absolute Gasteiger partial charge is 0.423 e. The van der Waals surface area contributed by atoms with Crippen molar-refractivity contribution < 1.29 is 4.42 Å². The monoisotopic (exact) mass is 333 g/mol. The molecule has 6 heteroatoms. The Morgan fingerprint density at radius 3 is 2.60 bits per heavy atom. The Labute approximate surface area is 145 Å². The van der Waals surface area contributed by atoms with Crippen LogP contribution in [0.25, 0.3) is 16.7 Å². The van der Waals surface area contributed by atoms with Crippen LogP contribution < -0.4 is 4.90 Å². The number of benzene rings is 1. The SMILES string of the molecule is c1ccc2oc(N3CCN(Cc4cn5ccccc5n4)CC3)nc2c1. The molecule has 0 N–H and O–H groups in total. The molecule has 3 aromatic heterocycles. The third-order valence-electron chi connectivity index (χ3n) is 4.72. The summed E-state index contributed by atoms with van der Waals surface area (Å²) in [6.07, 6.45) is 4.15. The predicted octanol–water partition coefficient (Wildman–Crippen LogP) is 2.80. The lowest BCUT2D eigenvalue weighted by atomic mass is 10.3. The average Bonchev–Trinajstić information content (AvgIpc) is 3.25. The van der Waals surface area contributed by atoms with Gasteiger partial charge in [0.2, 0.25) is 0 Å². The lowest BCUT2D eigenvalue weighted by Gasteiger charge is -2.33. The molecule has 1 fully saturated rings. The minimum absolute atomic E-state index is 0.730. The van der Waals surface area contributed by atoms with Gasteiger partial charge in [0.1, 0.15) is 11.2 Å². The van der Waals surface area contributed by atoms with Crippen LogP contribution in [0.3, 0.4) is 0 Å². The van der Waals surface area contributed by atoms with E-state index in [2.05, 4.69) is 30.4 Å². The van der Waals surface area contributed by atoms with Crippen LogP contribution in [-0.4, -0.2) is 45.4 Å². The van der Waals surface area contributed by atoms with Crippen LogP contribution in [0, 0.1) is 0 Å². The van der Waals surface area contributed by atoms with Crippen LogP contribution in [0.1, 0.15) is 5.69 Å². The summed E-state index contributed by atoms with van der Waals surface area (Å²) < 4.78 is 7.95. The van der Waals surface area contributed by atoms with Crippen molar-refractivity contribution in [1.82, 2.24) is 19.3 Å². The molecule has 0 saturated carbocycles. The summed E-state index contributed by atoms with van der Waals surface area (Å²) in [5.41, 5.74) is 3.89. The molecule has 126 valence electrons. The highest BCUT2D eigenvalue weighted by Crippen LogP contribution is 2.22. The number of fused-ring (bicyclic) bond motifs is 2. The van der Waals surface area contributed by atoms with Crippen molar-refractivity contribution in [1.29, 1.82) is 0 Å². The van der Waals surface area contributed by atoms with Gasteiger partial charge in [0.15, 0.2) is 5.58 Å². The summed E-state index contributed by atoms with van der Waals surface area (Å²) in [7, 11) is 0. The topological polar surface area (TPSA) is 49.8 Å². The van der Waals surface area contributed by atoms with Gasteiger partial charge in [0.05, 0.1) is 5.69 Å². The molecule has 1 aliphatic heterocycles. The lowest BCUT2D eigenvalue weighted by molar-refractivity contribution is 0.243. The molecule has 0 aliphatic carbocycles. The fourth-order valence-electron chi connectivity index (χ4n) is 3.39. The van der Waals surface area contributed by atoms with Gasteiger partial charge < -0.3 is 13.7 Å². The van der Waals surface area contributed by atoms with Crippen LogP contribution >= 0.6 is 0 Å². The fraction of sp³-hybridized carbons (Fsp3) is 0.263. The second kappa shape index (κ2) is 5.89. The Morgan fingerprint density at radius 1 is 0.920 bits per heavy atom. The van der Waals surface area contributed by atoms with Gasteiger partial charge in [-0.2, -0.15) is 4.98 Å². The number of para-hydroxylation sites is 2. The predicted molar refractivity (Wildman–Crippen MR) is 96.7 cm³/mol. The van der Waals surface area contributed by atoms with E-state index < -0.39 is 0 Å². The Kier molecular flexibility index (Phi) is 3.41. The number of rotatable bonds is 3.